The highest BCUT2D eigenvalue weighted by Gasteiger charge is 2.20. The molecule has 176 valence electrons. The van der Waals surface area contributed by atoms with E-state index in [9.17, 15) is 9.59 Å². The van der Waals surface area contributed by atoms with Gasteiger partial charge in [-0.2, -0.15) is 0 Å². The van der Waals surface area contributed by atoms with Crippen molar-refractivity contribution in [1.29, 1.82) is 0 Å². The van der Waals surface area contributed by atoms with Crippen LogP contribution >= 0.6 is 11.8 Å². The summed E-state index contributed by atoms with van der Waals surface area (Å²) in [5.41, 5.74) is 3.36. The maximum atomic E-state index is 13.6. The number of para-hydroxylation sites is 2. The number of nitrogens with zero attached hydrogens (tertiary/aromatic N) is 2. The van der Waals surface area contributed by atoms with Gasteiger partial charge in [-0.05, 0) is 54.4 Å². The van der Waals surface area contributed by atoms with E-state index in [1.165, 1.54) is 16.3 Å². The van der Waals surface area contributed by atoms with Crippen LogP contribution in [0, 0.1) is 0 Å². The van der Waals surface area contributed by atoms with Gasteiger partial charge in [0.25, 0.3) is 0 Å². The molecule has 1 N–H and O–H groups in total. The molecule has 0 aliphatic rings. The van der Waals surface area contributed by atoms with E-state index < -0.39 is 0 Å². The Hall–Kier alpha value is -4.04. The van der Waals surface area contributed by atoms with E-state index in [-0.39, 0.29) is 22.8 Å². The van der Waals surface area contributed by atoms with Crippen LogP contribution in [0.2, 0.25) is 0 Å². The average molecular weight is 486 g/mol. The Morgan fingerprint density at radius 3 is 2.57 bits per heavy atom. The lowest BCUT2D eigenvalue weighted by molar-refractivity contribution is -0.113. The number of anilines is 1. The number of ether oxygens (including phenoxy) is 1. The molecule has 35 heavy (non-hydrogen) atoms. The fraction of sp³-hybridized carbons (Fsp3) is 0.148. The summed E-state index contributed by atoms with van der Waals surface area (Å²) in [6.45, 7) is 2.04. The SMILES string of the molecule is CCc1ccccc1NC(=O)CSc1nc2c(oc3ccccc32)c(=O)n1-c1ccc(OC)cc1. The predicted molar refractivity (Wildman–Crippen MR) is 139 cm³/mol. The van der Waals surface area contributed by atoms with Crippen LogP contribution in [0.4, 0.5) is 5.69 Å². The Bertz CT molecular complexity index is 1590. The summed E-state index contributed by atoms with van der Waals surface area (Å²) in [5, 5.41) is 4.13. The van der Waals surface area contributed by atoms with Gasteiger partial charge in [0.05, 0.1) is 18.6 Å². The average Bonchev–Trinajstić information content (AvgIpc) is 3.27. The van der Waals surface area contributed by atoms with Crippen molar-refractivity contribution in [2.45, 2.75) is 18.5 Å². The van der Waals surface area contributed by atoms with Crippen LogP contribution in [0.15, 0.2) is 87.2 Å². The van der Waals surface area contributed by atoms with Crippen molar-refractivity contribution in [3.63, 3.8) is 0 Å². The molecule has 3 aromatic carbocycles. The maximum absolute atomic E-state index is 13.6. The third-order valence-electron chi connectivity index (χ3n) is 5.70. The Morgan fingerprint density at radius 1 is 1.06 bits per heavy atom. The number of carbonyl (C=O) groups is 1. The van der Waals surface area contributed by atoms with E-state index >= 15 is 0 Å². The topological polar surface area (TPSA) is 86.4 Å². The molecule has 8 heteroatoms. The molecule has 0 aliphatic carbocycles. The van der Waals surface area contributed by atoms with Gasteiger partial charge >= 0.3 is 5.56 Å². The molecule has 0 spiro atoms. The van der Waals surface area contributed by atoms with Gasteiger partial charge in [-0.1, -0.05) is 49.0 Å². The van der Waals surface area contributed by atoms with Crippen molar-refractivity contribution < 1.29 is 13.9 Å². The lowest BCUT2D eigenvalue weighted by Gasteiger charge is -2.13. The first-order chi connectivity index (χ1) is 17.1. The summed E-state index contributed by atoms with van der Waals surface area (Å²) < 4.78 is 12.6. The molecule has 2 aromatic heterocycles. The summed E-state index contributed by atoms with van der Waals surface area (Å²) in [4.78, 5) is 31.2. The quantitative estimate of drug-likeness (QED) is 0.244. The molecule has 0 aliphatic heterocycles. The fourth-order valence-corrected chi connectivity index (χ4v) is 4.75. The van der Waals surface area contributed by atoms with Gasteiger partial charge in [0.2, 0.25) is 11.5 Å². The number of fused-ring (bicyclic) bond motifs is 3. The Balaban J connectivity index is 1.55. The van der Waals surface area contributed by atoms with Crippen molar-refractivity contribution in [3.05, 3.63) is 88.7 Å². The van der Waals surface area contributed by atoms with Crippen LogP contribution in [0.1, 0.15) is 12.5 Å². The highest BCUT2D eigenvalue weighted by atomic mass is 32.2. The molecule has 0 radical (unpaired) electrons. The van der Waals surface area contributed by atoms with Crippen molar-refractivity contribution in [3.8, 4) is 11.4 Å². The minimum Gasteiger partial charge on any atom is -0.497 e. The molecule has 0 atom stereocenters. The van der Waals surface area contributed by atoms with Gasteiger partial charge in [0.1, 0.15) is 16.8 Å². The minimum absolute atomic E-state index is 0.0853. The van der Waals surface area contributed by atoms with Crippen molar-refractivity contribution in [2.75, 3.05) is 18.2 Å². The van der Waals surface area contributed by atoms with Gasteiger partial charge < -0.3 is 14.5 Å². The molecule has 0 saturated carbocycles. The summed E-state index contributed by atoms with van der Waals surface area (Å²) in [7, 11) is 1.58. The molecule has 2 heterocycles. The van der Waals surface area contributed by atoms with E-state index in [1.54, 1.807) is 37.4 Å². The summed E-state index contributed by atoms with van der Waals surface area (Å²) in [6.07, 6.45) is 0.812. The monoisotopic (exact) mass is 485 g/mol. The Labute approximate surface area is 205 Å². The van der Waals surface area contributed by atoms with Crippen LogP contribution in [0.3, 0.4) is 0 Å². The lowest BCUT2D eigenvalue weighted by atomic mass is 10.1. The summed E-state index contributed by atoms with van der Waals surface area (Å²) in [5.74, 6) is 0.577. The zero-order valence-electron chi connectivity index (χ0n) is 19.3. The molecule has 1 amide bonds. The van der Waals surface area contributed by atoms with Crippen LogP contribution in [0.25, 0.3) is 27.8 Å². The normalized spacial score (nSPS) is 11.1. The second-order valence-corrected chi connectivity index (χ2v) is 8.80. The second kappa shape index (κ2) is 9.68. The molecule has 0 bridgehead atoms. The zero-order chi connectivity index (χ0) is 24.4. The number of furan rings is 1. The lowest BCUT2D eigenvalue weighted by Crippen LogP contribution is -2.22. The van der Waals surface area contributed by atoms with Crippen molar-refractivity contribution in [1.82, 2.24) is 9.55 Å². The minimum atomic E-state index is -0.337. The number of amides is 1. The van der Waals surface area contributed by atoms with E-state index in [2.05, 4.69) is 5.32 Å². The molecular weight excluding hydrogens is 462 g/mol. The van der Waals surface area contributed by atoms with Crippen LogP contribution in [-0.2, 0) is 11.2 Å². The van der Waals surface area contributed by atoms with E-state index in [4.69, 9.17) is 14.1 Å². The Morgan fingerprint density at radius 2 is 1.80 bits per heavy atom. The van der Waals surface area contributed by atoms with E-state index in [0.717, 1.165) is 23.1 Å². The summed E-state index contributed by atoms with van der Waals surface area (Å²) >= 11 is 1.20. The van der Waals surface area contributed by atoms with Gasteiger partial charge in [-0.25, -0.2) is 4.98 Å². The number of thioether (sulfide) groups is 1. The number of aryl methyl sites for hydroxylation is 1. The number of aromatic nitrogens is 2. The highest BCUT2D eigenvalue weighted by molar-refractivity contribution is 7.99. The number of hydrogen-bond donors (Lipinski definition) is 1. The smallest absolute Gasteiger partial charge is 0.302 e. The molecular formula is C27H23N3O4S. The molecule has 5 aromatic rings. The summed E-state index contributed by atoms with van der Waals surface area (Å²) in [6, 6.07) is 22.2. The standard InChI is InChI=1S/C27H23N3O4S/c1-3-17-8-4-6-10-21(17)28-23(31)16-35-27-29-24-20-9-5-7-11-22(20)34-25(24)26(32)30(27)18-12-14-19(33-2)15-13-18/h4-15H,3,16H2,1-2H3,(H,28,31). The Kier molecular flexibility index (Phi) is 6.29. The first-order valence-electron chi connectivity index (χ1n) is 11.2. The number of rotatable bonds is 7. The largest absolute Gasteiger partial charge is 0.497 e. The number of hydrogen-bond acceptors (Lipinski definition) is 6. The van der Waals surface area contributed by atoms with Crippen molar-refractivity contribution in [2.24, 2.45) is 0 Å². The molecule has 0 fully saturated rings. The van der Waals surface area contributed by atoms with Gasteiger partial charge in [-0.15, -0.1) is 0 Å². The van der Waals surface area contributed by atoms with Crippen LogP contribution < -0.4 is 15.6 Å². The predicted octanol–water partition coefficient (Wildman–Crippen LogP) is 5.43. The highest BCUT2D eigenvalue weighted by Crippen LogP contribution is 2.29. The van der Waals surface area contributed by atoms with E-state index in [1.807, 2.05) is 49.4 Å². The molecule has 0 saturated heterocycles. The third-order valence-corrected chi connectivity index (χ3v) is 6.64. The number of methoxy groups -OCH3 is 1. The van der Waals surface area contributed by atoms with Gasteiger partial charge in [0.15, 0.2) is 5.16 Å². The molecule has 5 rings (SSSR count). The number of benzene rings is 3. The van der Waals surface area contributed by atoms with E-state index in [0.29, 0.717) is 27.7 Å². The zero-order valence-corrected chi connectivity index (χ0v) is 20.1. The third kappa shape index (κ3) is 4.40. The first kappa shape index (κ1) is 22.7. The second-order valence-electron chi connectivity index (χ2n) is 7.86. The number of nitrogens with one attached hydrogen (secondary N) is 1. The van der Waals surface area contributed by atoms with Gasteiger partial charge in [0, 0.05) is 11.1 Å². The first-order valence-corrected chi connectivity index (χ1v) is 12.2. The van der Waals surface area contributed by atoms with Crippen LogP contribution in [-0.4, -0.2) is 28.3 Å². The molecule has 7 nitrogen and oxygen atoms in total. The van der Waals surface area contributed by atoms with Crippen LogP contribution in [0.5, 0.6) is 5.75 Å². The number of carbonyl (C=O) groups excluding carboxylic acids is 1. The fourth-order valence-electron chi connectivity index (χ4n) is 3.94. The van der Waals surface area contributed by atoms with Crippen molar-refractivity contribution >= 4 is 45.4 Å². The molecule has 0 unspecified atom stereocenters. The maximum Gasteiger partial charge on any atom is 0.302 e. The van der Waals surface area contributed by atoms with Gasteiger partial charge in [-0.3, -0.25) is 14.2 Å².